The lowest BCUT2D eigenvalue weighted by Crippen LogP contribution is -2.35. The molecule has 1 aliphatic heterocycles. The highest BCUT2D eigenvalue weighted by molar-refractivity contribution is 6.00. The van der Waals surface area contributed by atoms with Crippen molar-refractivity contribution in [1.29, 1.82) is 0 Å². The number of rotatable bonds is 2. The normalized spacial score (nSPS) is 14.9. The molecule has 1 saturated heterocycles. The van der Waals surface area contributed by atoms with Gasteiger partial charge in [-0.25, -0.2) is 4.98 Å². The molecule has 3 aromatic rings. The minimum atomic E-state index is -0.0678. The topological polar surface area (TPSA) is 70.7 Å². The van der Waals surface area contributed by atoms with E-state index in [1.54, 1.807) is 6.07 Å². The molecule has 2 aromatic heterocycles. The summed E-state index contributed by atoms with van der Waals surface area (Å²) in [4.78, 5) is 19.2. The smallest absolute Gasteiger partial charge is 0.259 e. The number of hydrogen-bond donors (Lipinski definition) is 1. The van der Waals surface area contributed by atoms with Crippen LogP contribution in [0.15, 0.2) is 42.6 Å². The molecule has 0 bridgehead atoms. The van der Waals surface area contributed by atoms with Gasteiger partial charge in [-0.15, -0.1) is 0 Å². The summed E-state index contributed by atoms with van der Waals surface area (Å²) in [5.41, 5.74) is 2.33. The molecular formula is C18H18N4O2. The number of amides is 1. The summed E-state index contributed by atoms with van der Waals surface area (Å²) >= 11 is 0. The summed E-state index contributed by atoms with van der Waals surface area (Å²) in [6.07, 6.45) is 4.71. The lowest BCUT2D eigenvalue weighted by Gasteiger charge is -2.26. The van der Waals surface area contributed by atoms with Gasteiger partial charge in [-0.2, -0.15) is 9.61 Å². The number of benzene rings is 1. The van der Waals surface area contributed by atoms with Gasteiger partial charge in [0.1, 0.15) is 5.56 Å². The van der Waals surface area contributed by atoms with Crippen LogP contribution < -0.4 is 0 Å². The SMILES string of the molecule is O=C(c1cnn2c(O)cc(-c3ccccc3)nc12)N1CCCCC1. The molecule has 0 radical (unpaired) electrons. The van der Waals surface area contributed by atoms with E-state index in [4.69, 9.17) is 0 Å². The van der Waals surface area contributed by atoms with Crippen LogP contribution in [0.4, 0.5) is 0 Å². The van der Waals surface area contributed by atoms with Crippen molar-refractivity contribution in [2.75, 3.05) is 13.1 Å². The van der Waals surface area contributed by atoms with Crippen molar-refractivity contribution in [3.8, 4) is 17.1 Å². The fourth-order valence-electron chi connectivity index (χ4n) is 3.12. The van der Waals surface area contributed by atoms with Gasteiger partial charge >= 0.3 is 0 Å². The molecule has 1 N–H and O–H groups in total. The highest BCUT2D eigenvalue weighted by atomic mass is 16.3. The van der Waals surface area contributed by atoms with Crippen LogP contribution >= 0.6 is 0 Å². The van der Waals surface area contributed by atoms with Gasteiger partial charge in [0.05, 0.1) is 11.9 Å². The van der Waals surface area contributed by atoms with Crippen LogP contribution in [0.2, 0.25) is 0 Å². The van der Waals surface area contributed by atoms with Crippen molar-refractivity contribution in [2.24, 2.45) is 0 Å². The molecule has 6 heteroatoms. The Hall–Kier alpha value is -2.89. The van der Waals surface area contributed by atoms with Gasteiger partial charge < -0.3 is 10.0 Å². The predicted molar refractivity (Wildman–Crippen MR) is 89.8 cm³/mol. The molecule has 1 amide bonds. The van der Waals surface area contributed by atoms with Gasteiger partial charge in [-0.1, -0.05) is 30.3 Å². The van der Waals surface area contributed by atoms with Crippen molar-refractivity contribution in [3.05, 3.63) is 48.2 Å². The third-order valence-corrected chi connectivity index (χ3v) is 4.40. The second kappa shape index (κ2) is 5.96. The Morgan fingerprint density at radius 1 is 1.08 bits per heavy atom. The molecule has 1 fully saturated rings. The minimum Gasteiger partial charge on any atom is -0.493 e. The molecule has 0 spiro atoms. The van der Waals surface area contributed by atoms with E-state index in [-0.39, 0.29) is 11.8 Å². The number of carbonyl (C=O) groups is 1. The van der Waals surface area contributed by atoms with Crippen molar-refractivity contribution in [2.45, 2.75) is 19.3 Å². The molecule has 0 atom stereocenters. The largest absolute Gasteiger partial charge is 0.493 e. The van der Waals surface area contributed by atoms with E-state index < -0.39 is 0 Å². The number of likely N-dealkylation sites (tertiary alicyclic amines) is 1. The molecule has 0 aliphatic carbocycles. The van der Waals surface area contributed by atoms with Crippen LogP contribution in [0.25, 0.3) is 16.9 Å². The van der Waals surface area contributed by atoms with Crippen LogP contribution in [0.3, 0.4) is 0 Å². The third kappa shape index (κ3) is 2.50. The van der Waals surface area contributed by atoms with Crippen LogP contribution in [0, 0.1) is 0 Å². The number of piperidine rings is 1. The second-order valence-corrected chi connectivity index (χ2v) is 6.01. The first kappa shape index (κ1) is 14.7. The molecule has 24 heavy (non-hydrogen) atoms. The van der Waals surface area contributed by atoms with E-state index in [9.17, 15) is 9.90 Å². The maximum Gasteiger partial charge on any atom is 0.259 e. The van der Waals surface area contributed by atoms with Crippen molar-refractivity contribution < 1.29 is 9.90 Å². The van der Waals surface area contributed by atoms with Crippen molar-refractivity contribution in [3.63, 3.8) is 0 Å². The Bertz CT molecular complexity index is 883. The van der Waals surface area contributed by atoms with E-state index in [2.05, 4.69) is 10.1 Å². The third-order valence-electron chi connectivity index (χ3n) is 4.40. The second-order valence-electron chi connectivity index (χ2n) is 6.01. The maximum absolute atomic E-state index is 12.8. The van der Waals surface area contributed by atoms with Gasteiger partial charge in [-0.3, -0.25) is 4.79 Å². The number of nitrogens with zero attached hydrogens (tertiary/aromatic N) is 4. The average Bonchev–Trinajstić information content (AvgIpc) is 3.07. The molecule has 4 rings (SSSR count). The summed E-state index contributed by atoms with van der Waals surface area (Å²) in [7, 11) is 0. The fraction of sp³-hybridized carbons (Fsp3) is 0.278. The van der Waals surface area contributed by atoms with Crippen molar-refractivity contribution in [1.82, 2.24) is 19.5 Å². The summed E-state index contributed by atoms with van der Waals surface area (Å²) in [5, 5.41) is 14.4. The molecule has 1 aromatic carbocycles. The zero-order valence-corrected chi connectivity index (χ0v) is 13.2. The minimum absolute atomic E-state index is 0.0310. The Kier molecular flexibility index (Phi) is 3.65. The Morgan fingerprint density at radius 3 is 2.58 bits per heavy atom. The van der Waals surface area contributed by atoms with Gasteiger partial charge in [0.2, 0.25) is 5.88 Å². The van der Waals surface area contributed by atoms with Crippen molar-refractivity contribution >= 4 is 11.6 Å². The summed E-state index contributed by atoms with van der Waals surface area (Å²) in [6.45, 7) is 1.53. The predicted octanol–water partition coefficient (Wildman–Crippen LogP) is 2.73. The standard InChI is InChI=1S/C18H18N4O2/c23-16-11-15(13-7-3-1-4-8-13)20-17-14(12-19-22(16)17)18(24)21-9-5-2-6-10-21/h1,3-4,7-8,11-12,23H,2,5-6,9-10H2. The highest BCUT2D eigenvalue weighted by Gasteiger charge is 2.23. The lowest BCUT2D eigenvalue weighted by molar-refractivity contribution is 0.0726. The molecular weight excluding hydrogens is 304 g/mol. The first-order chi connectivity index (χ1) is 11.7. The van der Waals surface area contributed by atoms with Gasteiger partial charge in [0.15, 0.2) is 5.65 Å². The number of carbonyl (C=O) groups excluding carboxylic acids is 1. The van der Waals surface area contributed by atoms with Crippen LogP contribution in [0.1, 0.15) is 29.6 Å². The van der Waals surface area contributed by atoms with E-state index in [0.29, 0.717) is 16.9 Å². The summed E-state index contributed by atoms with van der Waals surface area (Å²) in [6, 6.07) is 11.1. The number of hydrogen-bond acceptors (Lipinski definition) is 4. The van der Waals surface area contributed by atoms with E-state index in [1.165, 1.54) is 10.7 Å². The zero-order valence-electron chi connectivity index (χ0n) is 13.2. The van der Waals surface area contributed by atoms with Gasteiger partial charge in [-0.05, 0) is 19.3 Å². The van der Waals surface area contributed by atoms with Gasteiger partial charge in [0.25, 0.3) is 5.91 Å². The molecule has 3 heterocycles. The van der Waals surface area contributed by atoms with Crippen LogP contribution in [-0.4, -0.2) is 43.6 Å². The summed E-state index contributed by atoms with van der Waals surface area (Å²) < 4.78 is 1.31. The molecule has 6 nitrogen and oxygen atoms in total. The number of fused-ring (bicyclic) bond motifs is 1. The van der Waals surface area contributed by atoms with E-state index in [1.807, 2.05) is 35.2 Å². The maximum atomic E-state index is 12.8. The molecule has 0 saturated carbocycles. The summed E-state index contributed by atoms with van der Waals surface area (Å²) in [5.74, 6) is -0.0987. The Labute approximate surface area is 139 Å². The zero-order chi connectivity index (χ0) is 16.5. The Balaban J connectivity index is 1.79. The van der Waals surface area contributed by atoms with Crippen LogP contribution in [-0.2, 0) is 0 Å². The van der Waals surface area contributed by atoms with E-state index in [0.717, 1.165) is 37.9 Å². The van der Waals surface area contributed by atoms with Gasteiger partial charge in [0, 0.05) is 24.7 Å². The molecule has 1 aliphatic rings. The molecule has 0 unspecified atom stereocenters. The highest BCUT2D eigenvalue weighted by Crippen LogP contribution is 2.25. The number of aromatic hydroxyl groups is 1. The first-order valence-corrected chi connectivity index (χ1v) is 8.16. The van der Waals surface area contributed by atoms with Crippen LogP contribution in [0.5, 0.6) is 5.88 Å². The van der Waals surface area contributed by atoms with E-state index >= 15 is 0 Å². The lowest BCUT2D eigenvalue weighted by atomic mass is 10.1. The quantitative estimate of drug-likeness (QED) is 0.787. The average molecular weight is 322 g/mol. The first-order valence-electron chi connectivity index (χ1n) is 8.16. The molecule has 122 valence electrons. The monoisotopic (exact) mass is 322 g/mol. The Morgan fingerprint density at radius 2 is 1.83 bits per heavy atom. The fourth-order valence-corrected chi connectivity index (χ4v) is 3.12. The number of aromatic nitrogens is 3.